The van der Waals surface area contributed by atoms with Gasteiger partial charge in [0.15, 0.2) is 0 Å². The number of carboxylic acids is 1. The molecule has 0 radical (unpaired) electrons. The number of amides is 2. The topological polar surface area (TPSA) is 86.7 Å². The van der Waals surface area contributed by atoms with Gasteiger partial charge in [0.2, 0.25) is 11.8 Å². The molecule has 0 unspecified atom stereocenters. The van der Waals surface area contributed by atoms with Gasteiger partial charge in [-0.25, -0.2) is 4.79 Å². The maximum absolute atomic E-state index is 12.0. The molecule has 0 aromatic heterocycles. The Labute approximate surface area is 130 Å². The Morgan fingerprint density at radius 1 is 1.14 bits per heavy atom. The van der Waals surface area contributed by atoms with Gasteiger partial charge < -0.3 is 15.3 Å². The fourth-order valence-corrected chi connectivity index (χ4v) is 1.67. The average molecular weight is 306 g/mol. The van der Waals surface area contributed by atoms with Crippen LogP contribution in [-0.2, 0) is 16.1 Å². The molecule has 2 N–H and O–H groups in total. The van der Waals surface area contributed by atoms with E-state index in [9.17, 15) is 14.4 Å². The summed E-state index contributed by atoms with van der Waals surface area (Å²) in [5, 5.41) is 11.4. The SMILES string of the molecule is CN(Cc1ccc(C(=O)O)cc1)C(=O)CNC(=O)C(C)(C)C. The van der Waals surface area contributed by atoms with E-state index in [1.54, 1.807) is 40.0 Å². The smallest absolute Gasteiger partial charge is 0.335 e. The molecule has 0 bridgehead atoms. The van der Waals surface area contributed by atoms with E-state index in [4.69, 9.17) is 5.11 Å². The van der Waals surface area contributed by atoms with Gasteiger partial charge in [0.1, 0.15) is 0 Å². The van der Waals surface area contributed by atoms with Crippen LogP contribution >= 0.6 is 0 Å². The van der Waals surface area contributed by atoms with Gasteiger partial charge in [-0.15, -0.1) is 0 Å². The molecule has 0 saturated carbocycles. The van der Waals surface area contributed by atoms with E-state index in [0.29, 0.717) is 6.54 Å². The number of aromatic carboxylic acids is 1. The van der Waals surface area contributed by atoms with Crippen molar-refractivity contribution in [2.75, 3.05) is 13.6 Å². The first kappa shape index (κ1) is 17.7. The molecule has 2 amide bonds. The summed E-state index contributed by atoms with van der Waals surface area (Å²) in [5.74, 6) is -1.37. The molecular formula is C16H22N2O4. The second-order valence-electron chi connectivity index (χ2n) is 6.18. The average Bonchev–Trinajstić information content (AvgIpc) is 2.43. The molecule has 0 fully saturated rings. The fourth-order valence-electron chi connectivity index (χ4n) is 1.67. The first-order chi connectivity index (χ1) is 10.1. The number of nitrogens with zero attached hydrogens (tertiary/aromatic N) is 1. The van der Waals surface area contributed by atoms with Crippen molar-refractivity contribution in [3.8, 4) is 0 Å². The Kier molecular flexibility index (Phi) is 5.68. The lowest BCUT2D eigenvalue weighted by Crippen LogP contribution is -2.42. The van der Waals surface area contributed by atoms with Gasteiger partial charge in [0.05, 0.1) is 12.1 Å². The molecule has 0 spiro atoms. The summed E-state index contributed by atoms with van der Waals surface area (Å²) < 4.78 is 0. The third-order valence-corrected chi connectivity index (χ3v) is 3.13. The quantitative estimate of drug-likeness (QED) is 0.863. The Bertz CT molecular complexity index is 559. The van der Waals surface area contributed by atoms with E-state index in [1.807, 2.05) is 0 Å². The minimum atomic E-state index is -0.985. The fraction of sp³-hybridized carbons (Fsp3) is 0.438. The highest BCUT2D eigenvalue weighted by Gasteiger charge is 2.22. The highest BCUT2D eigenvalue weighted by molar-refractivity contribution is 5.88. The minimum Gasteiger partial charge on any atom is -0.478 e. The van der Waals surface area contributed by atoms with Crippen molar-refractivity contribution in [1.29, 1.82) is 0 Å². The van der Waals surface area contributed by atoms with Crippen molar-refractivity contribution in [2.45, 2.75) is 27.3 Å². The summed E-state index contributed by atoms with van der Waals surface area (Å²) in [6.07, 6.45) is 0. The maximum atomic E-state index is 12.0. The maximum Gasteiger partial charge on any atom is 0.335 e. The van der Waals surface area contributed by atoms with Crippen molar-refractivity contribution in [1.82, 2.24) is 10.2 Å². The van der Waals surface area contributed by atoms with Crippen LogP contribution in [-0.4, -0.2) is 41.4 Å². The van der Waals surface area contributed by atoms with Crippen LogP contribution in [0.1, 0.15) is 36.7 Å². The number of nitrogens with one attached hydrogen (secondary N) is 1. The van der Waals surface area contributed by atoms with E-state index >= 15 is 0 Å². The predicted octanol–water partition coefficient (Wildman–Crippen LogP) is 1.51. The lowest BCUT2D eigenvalue weighted by Gasteiger charge is -2.21. The zero-order valence-electron chi connectivity index (χ0n) is 13.3. The van der Waals surface area contributed by atoms with E-state index < -0.39 is 11.4 Å². The zero-order chi connectivity index (χ0) is 16.9. The lowest BCUT2D eigenvalue weighted by atomic mass is 9.96. The second-order valence-corrected chi connectivity index (χ2v) is 6.18. The Morgan fingerprint density at radius 2 is 1.68 bits per heavy atom. The summed E-state index contributed by atoms with van der Waals surface area (Å²) in [5.41, 5.74) is 0.490. The van der Waals surface area contributed by atoms with Crippen molar-refractivity contribution < 1.29 is 19.5 Å². The van der Waals surface area contributed by atoms with Crippen LogP contribution in [0.15, 0.2) is 24.3 Å². The summed E-state index contributed by atoms with van der Waals surface area (Å²) >= 11 is 0. The van der Waals surface area contributed by atoms with Gasteiger partial charge in [0.25, 0.3) is 0 Å². The number of likely N-dealkylation sites (N-methyl/N-ethyl adjacent to an activating group) is 1. The molecular weight excluding hydrogens is 284 g/mol. The molecule has 0 heterocycles. The lowest BCUT2D eigenvalue weighted by molar-refractivity contribution is -0.134. The van der Waals surface area contributed by atoms with Crippen LogP contribution in [0.5, 0.6) is 0 Å². The number of carbonyl (C=O) groups is 3. The van der Waals surface area contributed by atoms with E-state index in [0.717, 1.165) is 5.56 Å². The first-order valence-electron chi connectivity index (χ1n) is 6.96. The molecule has 6 heteroatoms. The first-order valence-corrected chi connectivity index (χ1v) is 6.96. The second kappa shape index (κ2) is 7.06. The number of rotatable bonds is 5. The van der Waals surface area contributed by atoms with Crippen LogP contribution < -0.4 is 5.32 Å². The summed E-state index contributed by atoms with van der Waals surface area (Å²) in [4.78, 5) is 35.9. The number of hydrogen-bond donors (Lipinski definition) is 2. The van der Waals surface area contributed by atoms with Crippen LogP contribution in [0.25, 0.3) is 0 Å². The molecule has 120 valence electrons. The standard InChI is InChI=1S/C16H22N2O4/c1-16(2,3)15(22)17-9-13(19)18(4)10-11-5-7-12(8-6-11)14(20)21/h5-8H,9-10H2,1-4H3,(H,17,22)(H,20,21). The molecule has 0 saturated heterocycles. The van der Waals surface area contributed by atoms with Gasteiger partial charge in [-0.2, -0.15) is 0 Å². The zero-order valence-corrected chi connectivity index (χ0v) is 13.3. The van der Waals surface area contributed by atoms with Crippen molar-refractivity contribution in [2.24, 2.45) is 5.41 Å². The highest BCUT2D eigenvalue weighted by atomic mass is 16.4. The molecule has 6 nitrogen and oxygen atoms in total. The monoisotopic (exact) mass is 306 g/mol. The van der Waals surface area contributed by atoms with Crippen molar-refractivity contribution >= 4 is 17.8 Å². The predicted molar refractivity (Wildman–Crippen MR) is 82.3 cm³/mol. The molecule has 1 rings (SSSR count). The molecule has 22 heavy (non-hydrogen) atoms. The van der Waals surface area contributed by atoms with Gasteiger partial charge in [0, 0.05) is 19.0 Å². The van der Waals surface area contributed by atoms with Crippen LogP contribution in [0, 0.1) is 5.41 Å². The summed E-state index contributed by atoms with van der Waals surface area (Å²) in [6, 6.07) is 6.33. The van der Waals surface area contributed by atoms with E-state index in [1.165, 1.54) is 17.0 Å². The Balaban J connectivity index is 2.54. The Hall–Kier alpha value is -2.37. The molecule has 0 aliphatic carbocycles. The third-order valence-electron chi connectivity index (χ3n) is 3.13. The van der Waals surface area contributed by atoms with Gasteiger partial charge in [-0.3, -0.25) is 9.59 Å². The molecule has 0 atom stereocenters. The van der Waals surface area contributed by atoms with Crippen LogP contribution in [0.2, 0.25) is 0 Å². The number of carboxylic acid groups (broad SMARTS) is 1. The molecule has 0 aliphatic rings. The summed E-state index contributed by atoms with van der Waals surface area (Å²) in [6.45, 7) is 5.63. The van der Waals surface area contributed by atoms with Crippen LogP contribution in [0.3, 0.4) is 0 Å². The Morgan fingerprint density at radius 3 is 2.14 bits per heavy atom. The number of hydrogen-bond acceptors (Lipinski definition) is 3. The van der Waals surface area contributed by atoms with Crippen molar-refractivity contribution in [3.05, 3.63) is 35.4 Å². The van der Waals surface area contributed by atoms with Gasteiger partial charge >= 0.3 is 5.97 Å². The normalized spacial score (nSPS) is 10.9. The molecule has 0 aliphatic heterocycles. The van der Waals surface area contributed by atoms with Gasteiger partial charge in [-0.05, 0) is 17.7 Å². The van der Waals surface area contributed by atoms with Gasteiger partial charge in [-0.1, -0.05) is 32.9 Å². The molecule has 1 aromatic carbocycles. The number of benzene rings is 1. The minimum absolute atomic E-state index is 0.0557. The van der Waals surface area contributed by atoms with E-state index in [2.05, 4.69) is 5.32 Å². The van der Waals surface area contributed by atoms with Crippen LogP contribution in [0.4, 0.5) is 0 Å². The highest BCUT2D eigenvalue weighted by Crippen LogP contribution is 2.12. The largest absolute Gasteiger partial charge is 0.478 e. The third kappa shape index (κ3) is 5.20. The van der Waals surface area contributed by atoms with Crippen molar-refractivity contribution in [3.63, 3.8) is 0 Å². The number of carbonyl (C=O) groups excluding carboxylic acids is 2. The molecule has 1 aromatic rings. The summed E-state index contributed by atoms with van der Waals surface area (Å²) in [7, 11) is 1.64. The van der Waals surface area contributed by atoms with E-state index in [-0.39, 0.29) is 23.9 Å².